The topological polar surface area (TPSA) is 108 Å². The van der Waals surface area contributed by atoms with Crippen LogP contribution in [-0.2, 0) is 14.3 Å². The molecule has 9 heteroatoms. The van der Waals surface area contributed by atoms with Crippen LogP contribution in [0.5, 0.6) is 0 Å². The molecule has 1 heterocycles. The second-order valence-electron chi connectivity index (χ2n) is 4.19. The summed E-state index contributed by atoms with van der Waals surface area (Å²) in [5.74, 6) is -0.772. The van der Waals surface area contributed by atoms with E-state index in [1.807, 2.05) is 0 Å². The number of halogens is 2. The maximum atomic E-state index is 11.4. The van der Waals surface area contributed by atoms with Gasteiger partial charge >= 0.3 is 0 Å². The Bertz CT molecular complexity index is 330. The highest BCUT2D eigenvalue weighted by Gasteiger charge is 2.53. The van der Waals surface area contributed by atoms with Crippen molar-refractivity contribution in [2.45, 2.75) is 41.4 Å². The third kappa shape index (κ3) is 2.44. The van der Waals surface area contributed by atoms with Gasteiger partial charge in [0.15, 0.2) is 4.84 Å². The van der Waals surface area contributed by atoms with Crippen molar-refractivity contribution in [1.29, 1.82) is 0 Å². The maximum absolute atomic E-state index is 11.4. The number of carbonyl (C=O) groups is 1. The molecule has 1 aliphatic heterocycles. The highest BCUT2D eigenvalue weighted by molar-refractivity contribution is 6.53. The summed E-state index contributed by atoms with van der Waals surface area (Å²) in [7, 11) is 0. The van der Waals surface area contributed by atoms with Crippen molar-refractivity contribution in [2.75, 3.05) is 6.79 Å². The molecule has 18 heavy (non-hydrogen) atoms. The Kier molecular flexibility index (Phi) is 4.32. The van der Waals surface area contributed by atoms with E-state index in [-0.39, 0.29) is 6.79 Å². The Morgan fingerprint density at radius 3 is 2.22 bits per heavy atom. The van der Waals surface area contributed by atoms with Crippen LogP contribution in [0.1, 0.15) is 0 Å². The Labute approximate surface area is 113 Å². The number of rotatable bonds is 2. The van der Waals surface area contributed by atoms with Crippen LogP contribution in [0.15, 0.2) is 0 Å². The molecule has 1 saturated carbocycles. The van der Waals surface area contributed by atoms with Crippen molar-refractivity contribution in [3.05, 3.63) is 0 Å². The number of alkyl halides is 2. The number of aliphatic hydroxyl groups excluding tert-OH is 3. The van der Waals surface area contributed by atoms with Crippen molar-refractivity contribution in [1.82, 2.24) is 5.32 Å². The molecule has 0 aromatic carbocycles. The molecule has 1 amide bonds. The van der Waals surface area contributed by atoms with Gasteiger partial charge in [0.2, 0.25) is 0 Å². The van der Waals surface area contributed by atoms with Crippen LogP contribution in [0, 0.1) is 0 Å². The molecule has 1 aliphatic carbocycles. The van der Waals surface area contributed by atoms with Crippen LogP contribution in [0.3, 0.4) is 0 Å². The van der Waals surface area contributed by atoms with Crippen molar-refractivity contribution in [3.63, 3.8) is 0 Å². The third-order valence-electron chi connectivity index (χ3n) is 3.11. The Balaban J connectivity index is 2.11. The van der Waals surface area contributed by atoms with E-state index in [9.17, 15) is 20.1 Å². The summed E-state index contributed by atoms with van der Waals surface area (Å²) in [4.78, 5) is 10.0. The fourth-order valence-electron chi connectivity index (χ4n) is 2.18. The lowest BCUT2D eigenvalue weighted by atomic mass is 9.83. The van der Waals surface area contributed by atoms with Gasteiger partial charge in [-0.2, -0.15) is 0 Å². The summed E-state index contributed by atoms with van der Waals surface area (Å²) in [5.41, 5.74) is 0. The largest absolute Gasteiger partial charge is 0.388 e. The molecule has 2 aliphatic rings. The van der Waals surface area contributed by atoms with Crippen LogP contribution in [0.2, 0.25) is 0 Å². The van der Waals surface area contributed by atoms with Crippen LogP contribution in [-0.4, -0.2) is 69.4 Å². The monoisotopic (exact) mass is 301 g/mol. The molecular formula is C9H13Cl2NO6. The van der Waals surface area contributed by atoms with Gasteiger partial charge in [0.05, 0.1) is 6.04 Å². The lowest BCUT2D eigenvalue weighted by molar-refractivity contribution is -0.155. The van der Waals surface area contributed by atoms with Gasteiger partial charge in [0.1, 0.15) is 37.3 Å². The van der Waals surface area contributed by atoms with Gasteiger partial charge in [-0.25, -0.2) is 0 Å². The molecule has 0 bridgehead atoms. The van der Waals surface area contributed by atoms with Crippen LogP contribution < -0.4 is 5.32 Å². The molecule has 0 aromatic rings. The molecule has 1 saturated heterocycles. The first-order valence-corrected chi connectivity index (χ1v) is 6.16. The number of carbonyl (C=O) groups excluding carboxylic acids is 1. The van der Waals surface area contributed by atoms with E-state index in [2.05, 4.69) is 5.32 Å². The SMILES string of the molecule is O=C(N[C@@H]1[C@H](O)[C@@H](O)[C@H]2OCO[C@H]2[C@@H]1O)C(Cl)Cl. The van der Waals surface area contributed by atoms with E-state index in [4.69, 9.17) is 32.7 Å². The number of ether oxygens (including phenoxy) is 2. The van der Waals surface area contributed by atoms with Crippen LogP contribution in [0.4, 0.5) is 0 Å². The number of hydrogen-bond acceptors (Lipinski definition) is 6. The van der Waals surface area contributed by atoms with E-state index < -0.39 is 47.3 Å². The summed E-state index contributed by atoms with van der Waals surface area (Å²) in [6, 6.07) is -1.13. The van der Waals surface area contributed by atoms with Gasteiger partial charge in [-0.3, -0.25) is 4.79 Å². The van der Waals surface area contributed by atoms with E-state index in [0.29, 0.717) is 0 Å². The fraction of sp³-hybridized carbons (Fsp3) is 0.889. The lowest BCUT2D eigenvalue weighted by Crippen LogP contribution is -2.67. The van der Waals surface area contributed by atoms with Gasteiger partial charge in [-0.05, 0) is 0 Å². The summed E-state index contributed by atoms with van der Waals surface area (Å²) in [6.45, 7) is -0.0928. The summed E-state index contributed by atoms with van der Waals surface area (Å²) < 4.78 is 10.2. The molecule has 2 fully saturated rings. The summed E-state index contributed by atoms with van der Waals surface area (Å²) in [5, 5.41) is 31.9. The molecule has 6 atom stereocenters. The minimum Gasteiger partial charge on any atom is -0.388 e. The first-order chi connectivity index (χ1) is 8.43. The van der Waals surface area contributed by atoms with Crippen molar-refractivity contribution in [3.8, 4) is 0 Å². The van der Waals surface area contributed by atoms with Gasteiger partial charge in [0.25, 0.3) is 5.91 Å². The average molecular weight is 302 g/mol. The second-order valence-corrected chi connectivity index (χ2v) is 5.28. The highest BCUT2D eigenvalue weighted by atomic mass is 35.5. The van der Waals surface area contributed by atoms with Gasteiger partial charge < -0.3 is 30.1 Å². The van der Waals surface area contributed by atoms with Crippen LogP contribution in [0.25, 0.3) is 0 Å². The molecule has 0 aromatic heterocycles. The summed E-state index contributed by atoms with van der Waals surface area (Å²) >= 11 is 10.7. The normalized spacial score (nSPS) is 43.9. The number of hydrogen-bond donors (Lipinski definition) is 4. The minimum absolute atomic E-state index is 0.0928. The van der Waals surface area contributed by atoms with Gasteiger partial charge in [0, 0.05) is 0 Å². The molecular weight excluding hydrogens is 289 g/mol. The molecule has 4 N–H and O–H groups in total. The van der Waals surface area contributed by atoms with E-state index in [0.717, 1.165) is 0 Å². The number of aliphatic hydroxyl groups is 3. The molecule has 2 rings (SSSR count). The van der Waals surface area contributed by atoms with Gasteiger partial charge in [-0.15, -0.1) is 0 Å². The minimum atomic E-state index is -1.40. The molecule has 7 nitrogen and oxygen atoms in total. The zero-order valence-corrected chi connectivity index (χ0v) is 10.6. The number of nitrogens with one attached hydrogen (secondary N) is 1. The van der Waals surface area contributed by atoms with Crippen LogP contribution >= 0.6 is 23.2 Å². The number of amides is 1. The third-order valence-corrected chi connectivity index (χ3v) is 3.51. The van der Waals surface area contributed by atoms with Gasteiger partial charge in [-0.1, -0.05) is 23.2 Å². The quantitative estimate of drug-likeness (QED) is 0.444. The van der Waals surface area contributed by atoms with Crippen molar-refractivity contribution in [2.24, 2.45) is 0 Å². The van der Waals surface area contributed by atoms with Crippen molar-refractivity contribution < 1.29 is 29.6 Å². The first-order valence-electron chi connectivity index (χ1n) is 5.29. The average Bonchev–Trinajstić information content (AvgIpc) is 2.80. The first kappa shape index (κ1) is 14.3. The molecule has 0 spiro atoms. The summed E-state index contributed by atoms with van der Waals surface area (Å²) in [6.07, 6.45) is -5.56. The maximum Gasteiger partial charge on any atom is 0.253 e. The molecule has 0 unspecified atom stereocenters. The Morgan fingerprint density at radius 2 is 1.67 bits per heavy atom. The zero-order chi connectivity index (χ0) is 13.4. The van der Waals surface area contributed by atoms with E-state index >= 15 is 0 Å². The second kappa shape index (κ2) is 5.46. The highest BCUT2D eigenvalue weighted by Crippen LogP contribution is 2.30. The lowest BCUT2D eigenvalue weighted by Gasteiger charge is -2.41. The molecule has 0 radical (unpaired) electrons. The zero-order valence-electron chi connectivity index (χ0n) is 9.07. The molecule has 104 valence electrons. The standard InChI is InChI=1S/C9H13Cl2NO6/c10-8(11)9(16)12-2-3(13)5(15)7-6(4(2)14)17-1-18-7/h2-8,13-15H,1H2,(H,12,16)/t2-,3+,4-,5-,6+,7-/m1/s1. The predicted octanol–water partition coefficient (Wildman–Crippen LogP) is -1.89. The Morgan fingerprint density at radius 1 is 1.11 bits per heavy atom. The van der Waals surface area contributed by atoms with E-state index in [1.54, 1.807) is 0 Å². The Hall–Kier alpha value is -0.150. The number of fused-ring (bicyclic) bond motifs is 1. The van der Waals surface area contributed by atoms with Crippen molar-refractivity contribution >= 4 is 29.1 Å². The van der Waals surface area contributed by atoms with E-state index in [1.165, 1.54) is 0 Å². The smallest absolute Gasteiger partial charge is 0.253 e. The predicted molar refractivity (Wildman–Crippen MR) is 60.1 cm³/mol. The fourth-order valence-corrected chi connectivity index (χ4v) is 2.31.